The zero-order valence-corrected chi connectivity index (χ0v) is 15.7. The van der Waals surface area contributed by atoms with Gasteiger partial charge in [-0.1, -0.05) is 24.6 Å². The summed E-state index contributed by atoms with van der Waals surface area (Å²) in [6, 6.07) is 8.75. The van der Waals surface area contributed by atoms with Gasteiger partial charge < -0.3 is 10.2 Å². The topological polar surface area (TPSA) is 41.0 Å². The number of hydrogen-bond donors (Lipinski definition) is 1. The molecule has 0 amide bonds. The van der Waals surface area contributed by atoms with Crippen molar-refractivity contribution in [2.24, 2.45) is 0 Å². The van der Waals surface area contributed by atoms with Gasteiger partial charge in [-0.15, -0.1) is 0 Å². The minimum Gasteiger partial charge on any atom is -0.367 e. The molecule has 2 aromatic rings. The van der Waals surface area contributed by atoms with E-state index >= 15 is 0 Å². The number of nitrogens with one attached hydrogen (secondary N) is 1. The van der Waals surface area contributed by atoms with Crippen molar-refractivity contribution in [3.05, 3.63) is 46.2 Å². The molecule has 1 aliphatic carbocycles. The summed E-state index contributed by atoms with van der Waals surface area (Å²) in [5, 5.41) is 4.35. The molecule has 5 heteroatoms. The molecule has 4 rings (SSSR count). The monoisotopic (exact) mass is 356 g/mol. The lowest BCUT2D eigenvalue weighted by Crippen LogP contribution is -2.31. The molecule has 2 aliphatic rings. The smallest absolute Gasteiger partial charge is 0.136 e. The quantitative estimate of drug-likeness (QED) is 0.837. The van der Waals surface area contributed by atoms with Gasteiger partial charge in [-0.25, -0.2) is 9.97 Å². The van der Waals surface area contributed by atoms with Gasteiger partial charge in [-0.2, -0.15) is 0 Å². The molecular weight excluding hydrogens is 332 g/mol. The van der Waals surface area contributed by atoms with Crippen LogP contribution in [0.15, 0.2) is 24.3 Å². The fourth-order valence-corrected chi connectivity index (χ4v) is 3.48. The molecule has 1 N–H and O–H groups in total. The first-order valence-electron chi connectivity index (χ1n) is 9.30. The third-order valence-electron chi connectivity index (χ3n) is 5.18. The van der Waals surface area contributed by atoms with Gasteiger partial charge in [0.15, 0.2) is 0 Å². The molecule has 0 bridgehead atoms. The standard InChI is InChI=1S/C20H25ClN4/c1-3-13(2)22-18-11-19(24-20(23-18)14-4-5-14)25-9-8-15-10-17(21)7-6-16(15)12-25/h6-7,10-11,13-14H,3-5,8-9,12H2,1-2H3,(H,22,23,24)/t13-/m1/s1. The summed E-state index contributed by atoms with van der Waals surface area (Å²) in [7, 11) is 0. The lowest BCUT2D eigenvalue weighted by molar-refractivity contribution is 0.711. The fraction of sp³-hybridized carbons (Fsp3) is 0.500. The van der Waals surface area contributed by atoms with Crippen LogP contribution in [0.25, 0.3) is 0 Å². The van der Waals surface area contributed by atoms with E-state index in [-0.39, 0.29) is 0 Å². The maximum absolute atomic E-state index is 6.13. The number of nitrogens with zero attached hydrogens (tertiary/aromatic N) is 3. The Morgan fingerprint density at radius 3 is 2.84 bits per heavy atom. The summed E-state index contributed by atoms with van der Waals surface area (Å²) in [5.74, 6) is 3.56. The number of hydrogen-bond acceptors (Lipinski definition) is 4. The Kier molecular flexibility index (Phi) is 4.55. The van der Waals surface area contributed by atoms with Gasteiger partial charge in [0.1, 0.15) is 17.5 Å². The van der Waals surface area contributed by atoms with Crippen LogP contribution in [0.1, 0.15) is 56.0 Å². The highest BCUT2D eigenvalue weighted by atomic mass is 35.5. The van der Waals surface area contributed by atoms with E-state index in [0.29, 0.717) is 12.0 Å². The van der Waals surface area contributed by atoms with Crippen molar-refractivity contribution in [2.75, 3.05) is 16.8 Å². The van der Waals surface area contributed by atoms with Crippen LogP contribution in [0.2, 0.25) is 5.02 Å². The first kappa shape index (κ1) is 16.6. The van der Waals surface area contributed by atoms with Gasteiger partial charge in [0.25, 0.3) is 0 Å². The Morgan fingerprint density at radius 2 is 2.08 bits per heavy atom. The van der Waals surface area contributed by atoms with Crippen molar-refractivity contribution >= 4 is 23.2 Å². The predicted molar refractivity (Wildman–Crippen MR) is 104 cm³/mol. The van der Waals surface area contributed by atoms with Crippen molar-refractivity contribution in [1.82, 2.24) is 9.97 Å². The lowest BCUT2D eigenvalue weighted by Gasteiger charge is -2.30. The van der Waals surface area contributed by atoms with Crippen molar-refractivity contribution in [3.8, 4) is 0 Å². The van der Waals surface area contributed by atoms with E-state index in [1.54, 1.807) is 0 Å². The highest BCUT2D eigenvalue weighted by molar-refractivity contribution is 6.30. The highest BCUT2D eigenvalue weighted by Crippen LogP contribution is 2.39. The van der Waals surface area contributed by atoms with Crippen LogP contribution in [-0.2, 0) is 13.0 Å². The van der Waals surface area contributed by atoms with Gasteiger partial charge in [0.05, 0.1) is 0 Å². The van der Waals surface area contributed by atoms with Gasteiger partial charge in [-0.05, 0) is 55.9 Å². The number of rotatable bonds is 5. The van der Waals surface area contributed by atoms with E-state index < -0.39 is 0 Å². The maximum Gasteiger partial charge on any atom is 0.136 e. The summed E-state index contributed by atoms with van der Waals surface area (Å²) in [5.41, 5.74) is 2.71. The lowest BCUT2D eigenvalue weighted by atomic mass is 10.00. The molecule has 1 saturated carbocycles. The van der Waals surface area contributed by atoms with Crippen LogP contribution in [0.4, 0.5) is 11.6 Å². The molecule has 1 aromatic carbocycles. The second-order valence-corrected chi connectivity index (χ2v) is 7.72. The number of benzene rings is 1. The molecule has 132 valence electrons. The van der Waals surface area contributed by atoms with E-state index in [9.17, 15) is 0 Å². The molecule has 1 aromatic heterocycles. The van der Waals surface area contributed by atoms with Crippen molar-refractivity contribution in [1.29, 1.82) is 0 Å². The van der Waals surface area contributed by atoms with Crippen LogP contribution >= 0.6 is 11.6 Å². The normalized spacial score (nSPS) is 18.0. The highest BCUT2D eigenvalue weighted by Gasteiger charge is 2.28. The first-order valence-corrected chi connectivity index (χ1v) is 9.68. The summed E-state index contributed by atoms with van der Waals surface area (Å²) in [6.45, 7) is 6.24. The average molecular weight is 357 g/mol. The summed E-state index contributed by atoms with van der Waals surface area (Å²) < 4.78 is 0. The Balaban J connectivity index is 1.61. The van der Waals surface area contributed by atoms with Gasteiger partial charge in [0, 0.05) is 36.1 Å². The maximum atomic E-state index is 6.13. The minimum atomic E-state index is 0.416. The second kappa shape index (κ2) is 6.83. The molecule has 0 radical (unpaired) electrons. The van der Waals surface area contributed by atoms with Crippen molar-refractivity contribution in [3.63, 3.8) is 0 Å². The average Bonchev–Trinajstić information content (AvgIpc) is 3.46. The van der Waals surface area contributed by atoms with E-state index in [2.05, 4.69) is 42.3 Å². The molecule has 0 spiro atoms. The minimum absolute atomic E-state index is 0.416. The Bertz CT molecular complexity index is 772. The van der Waals surface area contributed by atoms with E-state index in [1.165, 1.54) is 24.0 Å². The molecule has 0 unspecified atom stereocenters. The molecule has 1 fully saturated rings. The van der Waals surface area contributed by atoms with Crippen LogP contribution in [0.5, 0.6) is 0 Å². The van der Waals surface area contributed by atoms with E-state index in [1.807, 2.05) is 6.07 Å². The zero-order chi connectivity index (χ0) is 17.4. The molecule has 0 saturated heterocycles. The van der Waals surface area contributed by atoms with E-state index in [4.69, 9.17) is 21.6 Å². The molecule has 1 aliphatic heterocycles. The van der Waals surface area contributed by atoms with Crippen LogP contribution in [0.3, 0.4) is 0 Å². The van der Waals surface area contributed by atoms with Crippen molar-refractivity contribution < 1.29 is 0 Å². The summed E-state index contributed by atoms with van der Waals surface area (Å²) in [6.07, 6.45) is 4.52. The largest absolute Gasteiger partial charge is 0.367 e. The van der Waals surface area contributed by atoms with Crippen LogP contribution in [0, 0.1) is 0 Å². The second-order valence-electron chi connectivity index (χ2n) is 7.28. The van der Waals surface area contributed by atoms with Crippen LogP contribution < -0.4 is 10.2 Å². The Labute approximate surface area is 154 Å². The molecule has 1 atom stereocenters. The van der Waals surface area contributed by atoms with Gasteiger partial charge in [-0.3, -0.25) is 0 Å². The summed E-state index contributed by atoms with van der Waals surface area (Å²) in [4.78, 5) is 12.0. The van der Waals surface area contributed by atoms with Gasteiger partial charge in [0.2, 0.25) is 0 Å². The summed E-state index contributed by atoms with van der Waals surface area (Å²) >= 11 is 6.13. The van der Waals surface area contributed by atoms with E-state index in [0.717, 1.165) is 48.4 Å². The predicted octanol–water partition coefficient (Wildman–Crippen LogP) is 4.78. The molecular formula is C20H25ClN4. The Hall–Kier alpha value is -1.81. The molecule has 25 heavy (non-hydrogen) atoms. The SMILES string of the molecule is CC[C@@H](C)Nc1cc(N2CCc3cc(Cl)ccc3C2)nc(C2CC2)n1. The third kappa shape index (κ3) is 3.74. The van der Waals surface area contributed by atoms with Crippen LogP contribution in [-0.4, -0.2) is 22.6 Å². The number of anilines is 2. The number of aromatic nitrogens is 2. The number of fused-ring (bicyclic) bond motifs is 1. The first-order chi connectivity index (χ1) is 12.1. The zero-order valence-electron chi connectivity index (χ0n) is 14.9. The Morgan fingerprint density at radius 1 is 1.24 bits per heavy atom. The van der Waals surface area contributed by atoms with Crippen molar-refractivity contribution in [2.45, 2.75) is 58.0 Å². The third-order valence-corrected chi connectivity index (χ3v) is 5.42. The molecule has 2 heterocycles. The van der Waals surface area contributed by atoms with Gasteiger partial charge >= 0.3 is 0 Å². The molecule has 4 nitrogen and oxygen atoms in total. The number of halogens is 1. The fourth-order valence-electron chi connectivity index (χ4n) is 3.28.